The van der Waals surface area contributed by atoms with Crippen molar-refractivity contribution < 1.29 is 9.59 Å². The highest BCUT2D eigenvalue weighted by molar-refractivity contribution is 5.98. The average Bonchev–Trinajstić information content (AvgIpc) is 2.96. The fraction of sp³-hybridized carbons (Fsp3) is 0.231. The minimum Gasteiger partial charge on any atom is -0.361 e. The molecule has 1 aromatic carbocycles. The van der Waals surface area contributed by atoms with Gasteiger partial charge in [0.25, 0.3) is 0 Å². The van der Waals surface area contributed by atoms with Crippen LogP contribution in [-0.4, -0.2) is 23.3 Å². The van der Waals surface area contributed by atoms with Gasteiger partial charge in [0.15, 0.2) is 0 Å². The predicted octanol–water partition coefficient (Wildman–Crippen LogP) is 1.24. The molecule has 1 fully saturated rings. The number of anilines is 1. The Hall–Kier alpha value is -2.30. The first-order valence-electron chi connectivity index (χ1n) is 5.87. The third kappa shape index (κ3) is 1.95. The van der Waals surface area contributed by atoms with Crippen molar-refractivity contribution in [2.45, 2.75) is 6.42 Å². The lowest BCUT2D eigenvalue weighted by molar-refractivity contribution is -0.123. The predicted molar refractivity (Wildman–Crippen MR) is 68.0 cm³/mol. The van der Waals surface area contributed by atoms with Gasteiger partial charge in [0, 0.05) is 35.8 Å². The van der Waals surface area contributed by atoms with Crippen LogP contribution in [0.15, 0.2) is 30.5 Å². The minimum absolute atomic E-state index is 0.0590. The maximum absolute atomic E-state index is 11.9. The lowest BCUT2D eigenvalue weighted by Crippen LogP contribution is -2.24. The van der Waals surface area contributed by atoms with Gasteiger partial charge in [-0.05, 0) is 24.3 Å². The number of carbonyl (C=O) groups is 2. The number of nitrogens with one attached hydrogen (secondary N) is 3. The summed E-state index contributed by atoms with van der Waals surface area (Å²) in [6.45, 7) is 0.428. The number of carbonyl (C=O) groups excluding carboxylic acids is 2. The second-order valence-electron chi connectivity index (χ2n) is 4.47. The molecule has 1 atom stereocenters. The summed E-state index contributed by atoms with van der Waals surface area (Å²) < 4.78 is 0. The highest BCUT2D eigenvalue weighted by atomic mass is 16.2. The number of amides is 2. The van der Waals surface area contributed by atoms with Crippen LogP contribution in [0.3, 0.4) is 0 Å². The van der Waals surface area contributed by atoms with Gasteiger partial charge in [-0.2, -0.15) is 0 Å². The van der Waals surface area contributed by atoms with E-state index in [-0.39, 0.29) is 24.2 Å². The van der Waals surface area contributed by atoms with Gasteiger partial charge in [0.2, 0.25) is 11.8 Å². The summed E-state index contributed by atoms with van der Waals surface area (Å²) in [6, 6.07) is 7.63. The molecular weight excluding hydrogens is 230 g/mol. The third-order valence-electron chi connectivity index (χ3n) is 3.17. The van der Waals surface area contributed by atoms with Crippen LogP contribution in [0.1, 0.15) is 6.42 Å². The summed E-state index contributed by atoms with van der Waals surface area (Å²) in [5, 5.41) is 6.55. The van der Waals surface area contributed by atoms with Crippen LogP contribution < -0.4 is 10.6 Å². The number of aromatic nitrogens is 1. The van der Waals surface area contributed by atoms with E-state index >= 15 is 0 Å². The summed E-state index contributed by atoms with van der Waals surface area (Å²) in [5.41, 5.74) is 1.79. The van der Waals surface area contributed by atoms with Crippen molar-refractivity contribution in [2.24, 2.45) is 5.92 Å². The summed E-state index contributed by atoms with van der Waals surface area (Å²) in [4.78, 5) is 26.1. The standard InChI is InChI=1S/C13H13N3O2/c17-12-6-9(7-15-12)13(18)16-10-1-2-11-8(5-10)3-4-14-11/h1-5,9,14H,6-7H2,(H,15,17)(H,16,18). The van der Waals surface area contributed by atoms with Gasteiger partial charge in [-0.1, -0.05) is 0 Å². The Kier molecular flexibility index (Phi) is 2.51. The van der Waals surface area contributed by atoms with E-state index in [4.69, 9.17) is 0 Å². The van der Waals surface area contributed by atoms with Crippen molar-refractivity contribution in [3.05, 3.63) is 30.5 Å². The van der Waals surface area contributed by atoms with Crippen LogP contribution in [0.4, 0.5) is 5.69 Å². The van der Waals surface area contributed by atoms with Gasteiger partial charge in [-0.15, -0.1) is 0 Å². The quantitative estimate of drug-likeness (QED) is 0.742. The largest absolute Gasteiger partial charge is 0.361 e. The van der Waals surface area contributed by atoms with E-state index in [1.54, 1.807) is 0 Å². The molecule has 18 heavy (non-hydrogen) atoms. The van der Waals surface area contributed by atoms with E-state index in [1.807, 2.05) is 30.5 Å². The molecule has 0 bridgehead atoms. The molecule has 3 N–H and O–H groups in total. The normalized spacial score (nSPS) is 18.9. The highest BCUT2D eigenvalue weighted by Crippen LogP contribution is 2.19. The molecule has 0 aliphatic carbocycles. The molecule has 0 radical (unpaired) electrons. The highest BCUT2D eigenvalue weighted by Gasteiger charge is 2.27. The number of hydrogen-bond acceptors (Lipinski definition) is 2. The van der Waals surface area contributed by atoms with E-state index < -0.39 is 0 Å². The van der Waals surface area contributed by atoms with E-state index in [1.165, 1.54) is 0 Å². The minimum atomic E-state index is -0.264. The zero-order valence-electron chi connectivity index (χ0n) is 9.69. The van der Waals surface area contributed by atoms with Crippen LogP contribution in [0, 0.1) is 5.92 Å². The molecule has 1 aliphatic rings. The van der Waals surface area contributed by atoms with Gasteiger partial charge in [0.05, 0.1) is 5.92 Å². The van der Waals surface area contributed by atoms with Crippen molar-refractivity contribution in [3.8, 4) is 0 Å². The van der Waals surface area contributed by atoms with Gasteiger partial charge >= 0.3 is 0 Å². The molecule has 5 heteroatoms. The molecular formula is C13H13N3O2. The summed E-state index contributed by atoms with van der Waals surface area (Å²) >= 11 is 0. The molecule has 92 valence electrons. The molecule has 3 rings (SSSR count). The number of benzene rings is 1. The van der Waals surface area contributed by atoms with Gasteiger partial charge < -0.3 is 15.6 Å². The van der Waals surface area contributed by atoms with E-state index in [9.17, 15) is 9.59 Å². The number of H-pyrrole nitrogens is 1. The molecule has 2 aromatic rings. The summed E-state index contributed by atoms with van der Waals surface area (Å²) in [5.74, 6) is -0.432. The lowest BCUT2D eigenvalue weighted by atomic mass is 10.1. The van der Waals surface area contributed by atoms with E-state index in [0.29, 0.717) is 6.54 Å². The molecule has 1 saturated heterocycles. The number of aromatic amines is 1. The summed E-state index contributed by atoms with van der Waals surface area (Å²) in [6.07, 6.45) is 2.13. The fourth-order valence-electron chi connectivity index (χ4n) is 2.17. The molecule has 1 unspecified atom stereocenters. The topological polar surface area (TPSA) is 74.0 Å². The van der Waals surface area contributed by atoms with Crippen molar-refractivity contribution in [2.75, 3.05) is 11.9 Å². The molecule has 0 spiro atoms. The van der Waals surface area contributed by atoms with Gasteiger partial charge in [0.1, 0.15) is 0 Å². The fourth-order valence-corrected chi connectivity index (χ4v) is 2.17. The Morgan fingerprint density at radius 2 is 2.22 bits per heavy atom. The molecule has 0 saturated carbocycles. The number of fused-ring (bicyclic) bond motifs is 1. The number of rotatable bonds is 2. The third-order valence-corrected chi connectivity index (χ3v) is 3.17. The van der Waals surface area contributed by atoms with Crippen molar-refractivity contribution in [3.63, 3.8) is 0 Å². The van der Waals surface area contributed by atoms with E-state index in [2.05, 4.69) is 15.6 Å². The van der Waals surface area contributed by atoms with Gasteiger partial charge in [-0.25, -0.2) is 0 Å². The Bertz CT molecular complexity index is 617. The molecule has 1 aromatic heterocycles. The first-order chi connectivity index (χ1) is 8.72. The molecule has 2 amide bonds. The first kappa shape index (κ1) is 10.8. The smallest absolute Gasteiger partial charge is 0.229 e. The Morgan fingerprint density at radius 1 is 1.33 bits per heavy atom. The van der Waals surface area contributed by atoms with Crippen molar-refractivity contribution >= 4 is 28.4 Å². The van der Waals surface area contributed by atoms with Crippen LogP contribution in [0.25, 0.3) is 10.9 Å². The van der Waals surface area contributed by atoms with Crippen LogP contribution in [0.2, 0.25) is 0 Å². The van der Waals surface area contributed by atoms with Crippen LogP contribution in [-0.2, 0) is 9.59 Å². The Labute approximate surface area is 104 Å². The second-order valence-corrected chi connectivity index (χ2v) is 4.47. The average molecular weight is 243 g/mol. The monoisotopic (exact) mass is 243 g/mol. The summed E-state index contributed by atoms with van der Waals surface area (Å²) in [7, 11) is 0. The van der Waals surface area contributed by atoms with E-state index in [0.717, 1.165) is 16.6 Å². The first-order valence-corrected chi connectivity index (χ1v) is 5.87. The zero-order valence-corrected chi connectivity index (χ0v) is 9.69. The SMILES string of the molecule is O=C1CC(C(=O)Nc2ccc3[nH]ccc3c2)CN1. The van der Waals surface area contributed by atoms with Crippen LogP contribution >= 0.6 is 0 Å². The molecule has 1 aliphatic heterocycles. The maximum Gasteiger partial charge on any atom is 0.229 e. The van der Waals surface area contributed by atoms with Gasteiger partial charge in [-0.3, -0.25) is 9.59 Å². The van der Waals surface area contributed by atoms with Crippen molar-refractivity contribution in [1.29, 1.82) is 0 Å². The lowest BCUT2D eigenvalue weighted by Gasteiger charge is -2.09. The number of hydrogen-bond donors (Lipinski definition) is 3. The zero-order chi connectivity index (χ0) is 12.5. The second kappa shape index (κ2) is 4.18. The Morgan fingerprint density at radius 3 is 3.00 bits per heavy atom. The molecule has 5 nitrogen and oxygen atoms in total. The van der Waals surface area contributed by atoms with Crippen molar-refractivity contribution in [1.82, 2.24) is 10.3 Å². The Balaban J connectivity index is 1.75. The maximum atomic E-state index is 11.9. The van der Waals surface area contributed by atoms with Crippen LogP contribution in [0.5, 0.6) is 0 Å². The molecule has 2 heterocycles.